The van der Waals surface area contributed by atoms with Crippen LogP contribution in [0.1, 0.15) is 0 Å². The number of anilines is 3. The first-order valence-electron chi connectivity index (χ1n) is 18.8. The molecule has 0 spiro atoms. The molecule has 0 aliphatic heterocycles. The topological polar surface area (TPSA) is 21.3 Å². The largest absolute Gasteiger partial charge is 0.456 e. The molecule has 0 saturated carbocycles. The van der Waals surface area contributed by atoms with Crippen LogP contribution in [0.5, 0.6) is 0 Å². The summed E-state index contributed by atoms with van der Waals surface area (Å²) in [5.41, 5.74) is 13.2. The molecule has 0 atom stereocenters. The van der Waals surface area contributed by atoms with Gasteiger partial charge in [0.25, 0.3) is 0 Å². The summed E-state index contributed by atoms with van der Waals surface area (Å²) in [4.78, 5) is 2.32. The molecular formula is C52H34N2O. The van der Waals surface area contributed by atoms with E-state index in [9.17, 15) is 0 Å². The summed E-state index contributed by atoms with van der Waals surface area (Å²) in [6.07, 6.45) is 0. The van der Waals surface area contributed by atoms with Crippen LogP contribution in [0.3, 0.4) is 0 Å². The highest BCUT2D eigenvalue weighted by molar-refractivity contribution is 6.10. The summed E-state index contributed by atoms with van der Waals surface area (Å²) in [7, 11) is 0. The second-order valence-electron chi connectivity index (χ2n) is 14.2. The number of nitrogens with zero attached hydrogens (tertiary/aromatic N) is 2. The molecule has 0 bridgehead atoms. The molecule has 0 radical (unpaired) electrons. The van der Waals surface area contributed by atoms with Crippen molar-refractivity contribution < 1.29 is 4.42 Å². The van der Waals surface area contributed by atoms with Gasteiger partial charge < -0.3 is 13.9 Å². The summed E-state index contributed by atoms with van der Waals surface area (Å²) in [6, 6.07) is 74.0. The predicted octanol–water partition coefficient (Wildman–Crippen LogP) is 14.6. The minimum atomic E-state index is 0.874. The van der Waals surface area contributed by atoms with Gasteiger partial charge in [0.15, 0.2) is 0 Å². The minimum Gasteiger partial charge on any atom is -0.456 e. The fourth-order valence-electron chi connectivity index (χ4n) is 8.38. The van der Waals surface area contributed by atoms with Crippen molar-refractivity contribution >= 4 is 71.6 Å². The van der Waals surface area contributed by atoms with Crippen LogP contribution in [0, 0.1) is 0 Å². The Morgan fingerprint density at radius 1 is 0.345 bits per heavy atom. The van der Waals surface area contributed by atoms with Gasteiger partial charge in [0.1, 0.15) is 11.2 Å². The molecule has 2 aromatic heterocycles. The predicted molar refractivity (Wildman–Crippen MR) is 231 cm³/mol. The van der Waals surface area contributed by atoms with E-state index in [4.69, 9.17) is 4.42 Å². The molecule has 0 saturated heterocycles. The van der Waals surface area contributed by atoms with Crippen molar-refractivity contribution in [1.82, 2.24) is 4.57 Å². The quantitative estimate of drug-likeness (QED) is 0.172. The lowest BCUT2D eigenvalue weighted by molar-refractivity contribution is 0.669. The van der Waals surface area contributed by atoms with Gasteiger partial charge in [-0.3, -0.25) is 0 Å². The molecule has 3 heteroatoms. The third-order valence-electron chi connectivity index (χ3n) is 11.0. The van der Waals surface area contributed by atoms with E-state index in [1.165, 1.54) is 55.0 Å². The van der Waals surface area contributed by atoms with Gasteiger partial charge in [-0.2, -0.15) is 0 Å². The molecule has 0 fully saturated rings. The van der Waals surface area contributed by atoms with Gasteiger partial charge in [0.05, 0.1) is 16.7 Å². The Kier molecular flexibility index (Phi) is 7.17. The van der Waals surface area contributed by atoms with Crippen molar-refractivity contribution in [2.24, 2.45) is 0 Å². The standard InChI is InChI=1S/C52H34N2O/c1-2-13-38-33-41(29-26-35(38)12-1)53(42-30-31-47-46-19-6-10-23-51(46)55-52(47)34-42)40-27-24-36(25-28-40)37-14-11-15-39(32-37)43-16-3-7-20-48(43)54-49-21-8-4-17-44(49)45-18-5-9-22-50(45)54/h1-34H. The summed E-state index contributed by atoms with van der Waals surface area (Å²) < 4.78 is 8.76. The maximum absolute atomic E-state index is 6.36. The van der Waals surface area contributed by atoms with E-state index < -0.39 is 0 Å². The Bertz CT molecular complexity index is 3170. The number of hydrogen-bond acceptors (Lipinski definition) is 2. The fraction of sp³-hybridized carbons (Fsp3) is 0. The Morgan fingerprint density at radius 2 is 0.945 bits per heavy atom. The molecule has 0 N–H and O–H groups in total. The maximum Gasteiger partial charge on any atom is 0.137 e. The molecule has 0 aliphatic carbocycles. The number of benzene rings is 9. The first-order chi connectivity index (χ1) is 27.3. The number of rotatable bonds is 6. The average Bonchev–Trinajstić information content (AvgIpc) is 3.79. The van der Waals surface area contributed by atoms with E-state index in [1.807, 2.05) is 12.1 Å². The molecule has 9 aromatic carbocycles. The van der Waals surface area contributed by atoms with Gasteiger partial charge in [0.2, 0.25) is 0 Å². The van der Waals surface area contributed by atoms with Crippen molar-refractivity contribution in [3.8, 4) is 27.9 Å². The lowest BCUT2D eigenvalue weighted by Gasteiger charge is -2.26. The highest BCUT2D eigenvalue weighted by Gasteiger charge is 2.18. The third-order valence-corrected chi connectivity index (χ3v) is 11.0. The highest BCUT2D eigenvalue weighted by atomic mass is 16.3. The molecule has 2 heterocycles. The van der Waals surface area contributed by atoms with Crippen molar-refractivity contribution in [3.63, 3.8) is 0 Å². The Labute approximate surface area is 318 Å². The van der Waals surface area contributed by atoms with Crippen LogP contribution in [0.2, 0.25) is 0 Å². The Hall–Kier alpha value is -7.36. The third kappa shape index (κ3) is 5.20. The zero-order valence-corrected chi connectivity index (χ0v) is 29.9. The molecule has 0 amide bonds. The van der Waals surface area contributed by atoms with Gasteiger partial charge in [-0.05, 0) is 94.2 Å². The van der Waals surface area contributed by atoms with Crippen LogP contribution in [-0.4, -0.2) is 4.57 Å². The smallest absolute Gasteiger partial charge is 0.137 e. The zero-order valence-electron chi connectivity index (χ0n) is 29.9. The van der Waals surface area contributed by atoms with Crippen molar-refractivity contribution in [2.75, 3.05) is 4.90 Å². The number of aromatic nitrogens is 1. The van der Waals surface area contributed by atoms with Gasteiger partial charge >= 0.3 is 0 Å². The monoisotopic (exact) mass is 702 g/mol. The van der Waals surface area contributed by atoms with Crippen LogP contribution in [-0.2, 0) is 0 Å². The normalized spacial score (nSPS) is 11.6. The van der Waals surface area contributed by atoms with Crippen molar-refractivity contribution in [2.45, 2.75) is 0 Å². The maximum atomic E-state index is 6.36. The number of furan rings is 1. The summed E-state index contributed by atoms with van der Waals surface area (Å²) >= 11 is 0. The van der Waals surface area contributed by atoms with Crippen molar-refractivity contribution in [1.29, 1.82) is 0 Å². The lowest BCUT2D eigenvalue weighted by atomic mass is 9.97. The van der Waals surface area contributed by atoms with Gasteiger partial charge in [-0.25, -0.2) is 0 Å². The fourth-order valence-corrected chi connectivity index (χ4v) is 8.38. The minimum absolute atomic E-state index is 0.874. The number of fused-ring (bicyclic) bond motifs is 7. The SMILES string of the molecule is c1cc(-c2ccc(N(c3ccc4ccccc4c3)c3ccc4c(c3)oc3ccccc34)cc2)cc(-c2ccccc2-n2c3ccccc3c3ccccc32)c1. The summed E-state index contributed by atoms with van der Waals surface area (Å²) in [5.74, 6) is 0. The van der Waals surface area contributed by atoms with E-state index in [1.54, 1.807) is 0 Å². The Balaban J connectivity index is 1.00. The van der Waals surface area contributed by atoms with E-state index in [0.29, 0.717) is 0 Å². The summed E-state index contributed by atoms with van der Waals surface area (Å²) in [6.45, 7) is 0. The van der Waals surface area contributed by atoms with Crippen LogP contribution in [0.25, 0.3) is 82.5 Å². The van der Waals surface area contributed by atoms with Crippen LogP contribution in [0.15, 0.2) is 211 Å². The van der Waals surface area contributed by atoms with Gasteiger partial charge in [-0.1, -0.05) is 133 Å². The number of para-hydroxylation sites is 4. The first kappa shape index (κ1) is 31.2. The van der Waals surface area contributed by atoms with E-state index in [2.05, 4.69) is 204 Å². The van der Waals surface area contributed by atoms with Gasteiger partial charge in [0, 0.05) is 50.2 Å². The molecule has 11 rings (SSSR count). The van der Waals surface area contributed by atoms with E-state index in [0.717, 1.165) is 44.6 Å². The van der Waals surface area contributed by atoms with E-state index >= 15 is 0 Å². The molecule has 0 aliphatic rings. The summed E-state index contributed by atoms with van der Waals surface area (Å²) in [5, 5.41) is 7.19. The van der Waals surface area contributed by atoms with Gasteiger partial charge in [-0.15, -0.1) is 0 Å². The average molecular weight is 703 g/mol. The second kappa shape index (κ2) is 12.6. The van der Waals surface area contributed by atoms with E-state index in [-0.39, 0.29) is 0 Å². The van der Waals surface area contributed by atoms with Crippen LogP contribution >= 0.6 is 0 Å². The highest BCUT2D eigenvalue weighted by Crippen LogP contribution is 2.41. The zero-order chi connectivity index (χ0) is 36.3. The van der Waals surface area contributed by atoms with Crippen LogP contribution in [0.4, 0.5) is 17.1 Å². The molecule has 11 aromatic rings. The molecule has 0 unspecified atom stereocenters. The molecule has 258 valence electrons. The Morgan fingerprint density at radius 3 is 1.76 bits per heavy atom. The molecular weight excluding hydrogens is 669 g/mol. The molecule has 3 nitrogen and oxygen atoms in total. The lowest BCUT2D eigenvalue weighted by Crippen LogP contribution is -2.09. The molecule has 55 heavy (non-hydrogen) atoms. The van der Waals surface area contributed by atoms with Crippen molar-refractivity contribution in [3.05, 3.63) is 206 Å². The second-order valence-corrected chi connectivity index (χ2v) is 14.2. The number of hydrogen-bond donors (Lipinski definition) is 0. The van der Waals surface area contributed by atoms with Crippen LogP contribution < -0.4 is 4.90 Å². The first-order valence-corrected chi connectivity index (χ1v) is 18.8.